The molecule has 156 valence electrons. The van der Waals surface area contributed by atoms with Crippen molar-refractivity contribution in [2.24, 2.45) is 0 Å². The first kappa shape index (κ1) is 21.7. The summed E-state index contributed by atoms with van der Waals surface area (Å²) in [4.78, 5) is 36.8. The minimum absolute atomic E-state index is 0.138. The van der Waals surface area contributed by atoms with Gasteiger partial charge in [-0.15, -0.1) is 0 Å². The molecule has 0 atom stereocenters. The molecule has 0 bridgehead atoms. The van der Waals surface area contributed by atoms with Crippen molar-refractivity contribution < 1.29 is 29.0 Å². The lowest BCUT2D eigenvalue weighted by atomic mass is 10.2. The summed E-state index contributed by atoms with van der Waals surface area (Å²) in [6.45, 7) is 1.77. The largest absolute Gasteiger partial charge is 0.492 e. The number of benzene rings is 2. The topological polar surface area (TPSA) is 93.1 Å². The third-order valence-corrected chi connectivity index (χ3v) is 5.25. The molecule has 7 nitrogen and oxygen atoms in total. The molecule has 1 heterocycles. The molecule has 2 aromatic rings. The van der Waals surface area contributed by atoms with Gasteiger partial charge in [0.2, 0.25) is 0 Å². The quantitative estimate of drug-likeness (QED) is 0.605. The number of rotatable bonds is 8. The van der Waals surface area contributed by atoms with E-state index < -0.39 is 18.5 Å². The molecule has 9 heteroatoms. The molecule has 0 spiro atoms. The minimum Gasteiger partial charge on any atom is -0.492 e. The second-order valence-corrected chi connectivity index (χ2v) is 7.77. The van der Waals surface area contributed by atoms with Crippen LogP contribution in [-0.2, 0) is 9.59 Å². The van der Waals surface area contributed by atoms with E-state index in [-0.39, 0.29) is 34.1 Å². The molecule has 1 aliphatic heterocycles. The lowest BCUT2D eigenvalue weighted by molar-refractivity contribution is -0.139. The predicted molar refractivity (Wildman–Crippen MR) is 114 cm³/mol. The fourth-order valence-corrected chi connectivity index (χ4v) is 3.78. The number of thioether (sulfide) groups is 1. The molecule has 1 saturated heterocycles. The third kappa shape index (κ3) is 5.55. The molecular weight excluding hydrogens is 430 g/mol. The summed E-state index contributed by atoms with van der Waals surface area (Å²) >= 11 is 6.94. The Morgan fingerprint density at radius 3 is 2.70 bits per heavy atom. The Hall–Kier alpha value is -2.97. The number of hydrogen-bond acceptors (Lipinski definition) is 6. The highest BCUT2D eigenvalue weighted by Crippen LogP contribution is 2.33. The number of ether oxygens (including phenoxy) is 2. The van der Waals surface area contributed by atoms with Crippen molar-refractivity contribution in [3.8, 4) is 11.5 Å². The second kappa shape index (κ2) is 9.69. The smallest absolute Gasteiger partial charge is 0.341 e. The normalized spacial score (nSPS) is 15.0. The first-order valence-corrected chi connectivity index (χ1v) is 10.1. The highest BCUT2D eigenvalue weighted by molar-refractivity contribution is 8.18. The van der Waals surface area contributed by atoms with Gasteiger partial charge in [0.15, 0.2) is 6.61 Å². The van der Waals surface area contributed by atoms with Gasteiger partial charge in [0.25, 0.3) is 11.1 Å². The predicted octanol–water partition coefficient (Wildman–Crippen LogP) is 4.23. The molecule has 0 unspecified atom stereocenters. The Labute approximate surface area is 182 Å². The van der Waals surface area contributed by atoms with Gasteiger partial charge in [-0.1, -0.05) is 29.8 Å². The van der Waals surface area contributed by atoms with Gasteiger partial charge in [-0.25, -0.2) is 4.79 Å². The fourth-order valence-electron chi connectivity index (χ4n) is 2.67. The number of imide groups is 1. The first-order valence-electron chi connectivity index (χ1n) is 8.92. The van der Waals surface area contributed by atoms with E-state index in [0.717, 1.165) is 22.2 Å². The van der Waals surface area contributed by atoms with Crippen LogP contribution in [-0.4, -0.2) is 46.9 Å². The number of carbonyl (C=O) groups is 3. The Kier molecular flexibility index (Phi) is 7.02. The van der Waals surface area contributed by atoms with Crippen LogP contribution in [0.4, 0.5) is 4.79 Å². The molecule has 30 heavy (non-hydrogen) atoms. The molecule has 0 aromatic heterocycles. The molecular formula is C21H18ClNO6S. The number of carboxylic acids is 1. The van der Waals surface area contributed by atoms with E-state index in [9.17, 15) is 14.4 Å². The summed E-state index contributed by atoms with van der Waals surface area (Å²) in [6, 6.07) is 12.2. The molecule has 3 rings (SSSR count). The number of amides is 2. The van der Waals surface area contributed by atoms with Crippen LogP contribution in [0.25, 0.3) is 6.08 Å². The van der Waals surface area contributed by atoms with Crippen LogP contribution in [0.2, 0.25) is 5.02 Å². The number of carbonyl (C=O) groups excluding carboxylic acids is 2. The van der Waals surface area contributed by atoms with Crippen LogP contribution in [0.3, 0.4) is 0 Å². The van der Waals surface area contributed by atoms with E-state index in [4.69, 9.17) is 26.2 Å². The fraction of sp³-hybridized carbons (Fsp3) is 0.190. The number of nitrogens with zero attached hydrogens (tertiary/aromatic N) is 1. The summed E-state index contributed by atoms with van der Waals surface area (Å²) in [6.07, 6.45) is 1.55. The van der Waals surface area contributed by atoms with E-state index in [1.807, 2.05) is 31.2 Å². The van der Waals surface area contributed by atoms with Gasteiger partial charge in [0.1, 0.15) is 18.1 Å². The van der Waals surface area contributed by atoms with Crippen molar-refractivity contribution in [2.45, 2.75) is 6.92 Å². The van der Waals surface area contributed by atoms with Crippen molar-refractivity contribution in [1.29, 1.82) is 0 Å². The third-order valence-electron chi connectivity index (χ3n) is 4.05. The maximum atomic E-state index is 12.6. The highest BCUT2D eigenvalue weighted by atomic mass is 35.5. The van der Waals surface area contributed by atoms with Gasteiger partial charge < -0.3 is 14.6 Å². The van der Waals surface area contributed by atoms with Gasteiger partial charge in [0.05, 0.1) is 16.5 Å². The van der Waals surface area contributed by atoms with Crippen molar-refractivity contribution in [2.75, 3.05) is 19.8 Å². The molecule has 2 aromatic carbocycles. The minimum atomic E-state index is -1.12. The maximum Gasteiger partial charge on any atom is 0.341 e. The van der Waals surface area contributed by atoms with Crippen LogP contribution in [0.1, 0.15) is 11.1 Å². The van der Waals surface area contributed by atoms with Gasteiger partial charge in [-0.05, 0) is 60.2 Å². The highest BCUT2D eigenvalue weighted by Gasteiger charge is 2.34. The number of carboxylic acid groups (broad SMARTS) is 1. The van der Waals surface area contributed by atoms with Gasteiger partial charge in [0, 0.05) is 0 Å². The molecule has 0 aliphatic carbocycles. The van der Waals surface area contributed by atoms with Crippen LogP contribution in [0.15, 0.2) is 47.4 Å². The molecule has 2 amide bonds. The van der Waals surface area contributed by atoms with Crippen molar-refractivity contribution in [3.63, 3.8) is 0 Å². The van der Waals surface area contributed by atoms with Crippen molar-refractivity contribution in [1.82, 2.24) is 4.90 Å². The Bertz CT molecular complexity index is 1020. The Balaban J connectivity index is 1.62. The lowest BCUT2D eigenvalue weighted by Gasteiger charge is -2.13. The lowest BCUT2D eigenvalue weighted by Crippen LogP contribution is -2.32. The van der Waals surface area contributed by atoms with Gasteiger partial charge >= 0.3 is 5.97 Å². The van der Waals surface area contributed by atoms with Gasteiger partial charge in [-0.2, -0.15) is 0 Å². The van der Waals surface area contributed by atoms with Crippen LogP contribution >= 0.6 is 23.4 Å². The summed E-state index contributed by atoms with van der Waals surface area (Å²) < 4.78 is 10.7. The van der Waals surface area contributed by atoms with Crippen LogP contribution < -0.4 is 9.47 Å². The zero-order valence-electron chi connectivity index (χ0n) is 16.0. The Morgan fingerprint density at radius 1 is 1.20 bits per heavy atom. The van der Waals surface area contributed by atoms with Gasteiger partial charge in [-0.3, -0.25) is 14.5 Å². The summed E-state index contributed by atoms with van der Waals surface area (Å²) in [5.74, 6) is -0.620. The molecule has 1 aliphatic rings. The first-order chi connectivity index (χ1) is 14.3. The Morgan fingerprint density at radius 2 is 2.00 bits per heavy atom. The van der Waals surface area contributed by atoms with E-state index in [1.54, 1.807) is 12.1 Å². The second-order valence-electron chi connectivity index (χ2n) is 6.37. The summed E-state index contributed by atoms with van der Waals surface area (Å²) in [7, 11) is 0. The SMILES string of the molecule is Cc1cccc(OCCN2C(=O)S/C(=C\c3ccc(OCC(=O)O)c(Cl)c3)C2=O)c1. The van der Waals surface area contributed by atoms with E-state index in [1.165, 1.54) is 12.1 Å². The molecule has 0 saturated carbocycles. The monoisotopic (exact) mass is 447 g/mol. The number of aliphatic carboxylic acids is 1. The van der Waals surface area contributed by atoms with E-state index in [0.29, 0.717) is 11.3 Å². The van der Waals surface area contributed by atoms with Crippen molar-refractivity contribution in [3.05, 3.63) is 63.5 Å². The molecule has 1 N–H and O–H groups in total. The standard InChI is InChI=1S/C21H18ClNO6S/c1-13-3-2-4-15(9-13)28-8-7-23-20(26)18(30-21(23)27)11-14-5-6-17(16(22)10-14)29-12-19(24)25/h2-6,9-11H,7-8,12H2,1H3,(H,24,25)/b18-11-. The van der Waals surface area contributed by atoms with E-state index in [2.05, 4.69) is 0 Å². The number of aryl methyl sites for hydroxylation is 1. The average Bonchev–Trinajstić information content (AvgIpc) is 2.94. The summed E-state index contributed by atoms with van der Waals surface area (Å²) in [5, 5.41) is 8.50. The van der Waals surface area contributed by atoms with E-state index >= 15 is 0 Å². The molecule has 1 fully saturated rings. The molecule has 0 radical (unpaired) electrons. The summed E-state index contributed by atoms with van der Waals surface area (Å²) in [5.41, 5.74) is 1.64. The van der Waals surface area contributed by atoms with Crippen LogP contribution in [0.5, 0.6) is 11.5 Å². The zero-order valence-corrected chi connectivity index (χ0v) is 17.5. The zero-order chi connectivity index (χ0) is 21.7. The van der Waals surface area contributed by atoms with Crippen molar-refractivity contribution >= 4 is 46.6 Å². The van der Waals surface area contributed by atoms with Crippen LogP contribution in [0, 0.1) is 6.92 Å². The maximum absolute atomic E-state index is 12.6. The number of halogens is 1. The average molecular weight is 448 g/mol. The number of hydrogen-bond donors (Lipinski definition) is 1.